The molecule has 0 saturated carbocycles. The summed E-state index contributed by atoms with van der Waals surface area (Å²) in [6.07, 6.45) is 0. The van der Waals surface area contributed by atoms with Gasteiger partial charge < -0.3 is 10.3 Å². The Morgan fingerprint density at radius 2 is 1.82 bits per heavy atom. The average Bonchev–Trinajstić information content (AvgIpc) is 2.68. The molecule has 2 N–H and O–H groups in total. The molecular weight excluding hydrogens is 391 g/mol. The molecule has 1 aromatic heterocycles. The van der Waals surface area contributed by atoms with Gasteiger partial charge in [0.2, 0.25) is 5.91 Å². The van der Waals surface area contributed by atoms with Gasteiger partial charge in [0.25, 0.3) is 5.56 Å². The highest BCUT2D eigenvalue weighted by Gasteiger charge is 2.20. The Bertz CT molecular complexity index is 1070. The highest BCUT2D eigenvalue weighted by molar-refractivity contribution is 8.00. The van der Waals surface area contributed by atoms with Crippen LogP contribution in [0.4, 0.5) is 18.9 Å². The maximum Gasteiger partial charge on any atom is 0.252 e. The highest BCUT2D eigenvalue weighted by atomic mass is 32.2. The Hall–Kier alpha value is -3.07. The number of aromatic nitrogens is 2. The predicted molar refractivity (Wildman–Crippen MR) is 101 cm³/mol. The molecule has 1 amide bonds. The van der Waals surface area contributed by atoms with Crippen molar-refractivity contribution >= 4 is 23.4 Å². The summed E-state index contributed by atoms with van der Waals surface area (Å²) in [5.74, 6) is -5.16. The fourth-order valence-electron chi connectivity index (χ4n) is 2.33. The highest BCUT2D eigenvalue weighted by Crippen LogP contribution is 2.24. The van der Waals surface area contributed by atoms with Crippen LogP contribution in [0.25, 0.3) is 11.3 Å². The van der Waals surface area contributed by atoms with Crippen LogP contribution in [0.2, 0.25) is 0 Å². The van der Waals surface area contributed by atoms with E-state index in [1.807, 2.05) is 6.07 Å². The van der Waals surface area contributed by atoms with Crippen LogP contribution in [-0.2, 0) is 4.79 Å². The van der Waals surface area contributed by atoms with E-state index in [2.05, 4.69) is 15.3 Å². The number of carbonyl (C=O) groups excluding carboxylic acids is 1. The number of H-pyrrole nitrogens is 1. The number of nitrogens with one attached hydrogen (secondary N) is 2. The minimum atomic E-state index is -1.67. The molecular formula is C19H14F3N3O2S. The molecule has 0 fully saturated rings. The zero-order valence-electron chi connectivity index (χ0n) is 14.5. The van der Waals surface area contributed by atoms with Crippen molar-refractivity contribution in [3.8, 4) is 11.3 Å². The lowest BCUT2D eigenvalue weighted by Crippen LogP contribution is -2.24. The van der Waals surface area contributed by atoms with E-state index in [1.165, 1.54) is 13.0 Å². The lowest BCUT2D eigenvalue weighted by atomic mass is 10.1. The Morgan fingerprint density at radius 3 is 2.54 bits per heavy atom. The maximum absolute atomic E-state index is 13.7. The van der Waals surface area contributed by atoms with Crippen LogP contribution in [0.15, 0.2) is 58.5 Å². The van der Waals surface area contributed by atoms with E-state index in [0.717, 1.165) is 23.4 Å². The van der Waals surface area contributed by atoms with E-state index < -0.39 is 39.9 Å². The van der Waals surface area contributed by atoms with Crippen LogP contribution >= 0.6 is 11.8 Å². The lowest BCUT2D eigenvalue weighted by molar-refractivity contribution is -0.115. The second-order valence-electron chi connectivity index (χ2n) is 5.77. The molecule has 1 heterocycles. The quantitative estimate of drug-likeness (QED) is 0.383. The topological polar surface area (TPSA) is 74.8 Å². The molecule has 1 atom stereocenters. The van der Waals surface area contributed by atoms with Crippen molar-refractivity contribution in [3.63, 3.8) is 0 Å². The standard InChI is InChI=1S/C19H14F3N3O2S/c1-10(18(27)23-13-8-7-12(20)16(21)17(13)22)28-19-24-14(9-15(26)25-19)11-5-3-2-4-6-11/h2-10H,1H3,(H,23,27)(H,24,25,26). The molecule has 9 heteroatoms. The minimum Gasteiger partial charge on any atom is -0.323 e. The third-order valence-corrected chi connectivity index (χ3v) is 4.72. The molecule has 3 rings (SSSR count). The molecule has 5 nitrogen and oxygen atoms in total. The number of benzene rings is 2. The van der Waals surface area contributed by atoms with Gasteiger partial charge in [-0.2, -0.15) is 0 Å². The number of nitrogens with zero attached hydrogens (tertiary/aromatic N) is 1. The molecule has 0 radical (unpaired) electrons. The second kappa shape index (κ2) is 8.30. The van der Waals surface area contributed by atoms with Crippen LogP contribution in [-0.4, -0.2) is 21.1 Å². The molecule has 3 aromatic rings. The molecule has 2 aromatic carbocycles. The summed E-state index contributed by atoms with van der Waals surface area (Å²) < 4.78 is 40.0. The number of hydrogen-bond donors (Lipinski definition) is 2. The van der Waals surface area contributed by atoms with E-state index in [-0.39, 0.29) is 5.16 Å². The van der Waals surface area contributed by atoms with Crippen LogP contribution in [0.1, 0.15) is 6.92 Å². The first-order chi connectivity index (χ1) is 13.3. The van der Waals surface area contributed by atoms with Gasteiger partial charge in [0, 0.05) is 11.6 Å². The molecule has 144 valence electrons. The third kappa shape index (κ3) is 4.42. The van der Waals surface area contributed by atoms with Crippen LogP contribution in [0.3, 0.4) is 0 Å². The fraction of sp³-hybridized carbons (Fsp3) is 0.105. The first kappa shape index (κ1) is 19.7. The first-order valence-corrected chi connectivity index (χ1v) is 9.01. The molecule has 0 aliphatic heterocycles. The van der Waals surface area contributed by atoms with Gasteiger partial charge in [-0.1, -0.05) is 42.1 Å². The number of amides is 1. The van der Waals surface area contributed by atoms with E-state index >= 15 is 0 Å². The van der Waals surface area contributed by atoms with Gasteiger partial charge in [0.1, 0.15) is 0 Å². The second-order valence-corrected chi connectivity index (χ2v) is 7.10. The fourth-order valence-corrected chi connectivity index (χ4v) is 3.14. The number of aromatic amines is 1. The van der Waals surface area contributed by atoms with Gasteiger partial charge in [0.05, 0.1) is 16.6 Å². The third-order valence-electron chi connectivity index (χ3n) is 3.74. The van der Waals surface area contributed by atoms with Gasteiger partial charge in [-0.15, -0.1) is 0 Å². The summed E-state index contributed by atoms with van der Waals surface area (Å²) in [7, 11) is 0. The van der Waals surface area contributed by atoms with E-state index in [9.17, 15) is 22.8 Å². The minimum absolute atomic E-state index is 0.194. The van der Waals surface area contributed by atoms with Gasteiger partial charge in [-0.25, -0.2) is 18.2 Å². The Morgan fingerprint density at radius 1 is 1.11 bits per heavy atom. The number of hydrogen-bond acceptors (Lipinski definition) is 4. The first-order valence-electron chi connectivity index (χ1n) is 8.13. The predicted octanol–water partition coefficient (Wildman–Crippen LogP) is 3.97. The number of anilines is 1. The number of halogens is 3. The zero-order chi connectivity index (χ0) is 20.3. The van der Waals surface area contributed by atoms with E-state index in [1.54, 1.807) is 24.3 Å². The average molecular weight is 405 g/mol. The number of thioether (sulfide) groups is 1. The molecule has 0 spiro atoms. The van der Waals surface area contributed by atoms with Gasteiger partial charge in [-0.05, 0) is 19.1 Å². The Labute approximate surface area is 162 Å². The van der Waals surface area contributed by atoms with Crippen LogP contribution in [0, 0.1) is 17.5 Å². The summed E-state index contributed by atoms with van der Waals surface area (Å²) in [5.41, 5.74) is 0.300. The number of carbonyl (C=O) groups is 1. The summed E-state index contributed by atoms with van der Waals surface area (Å²) in [4.78, 5) is 31.0. The lowest BCUT2D eigenvalue weighted by Gasteiger charge is -2.12. The van der Waals surface area contributed by atoms with Crippen molar-refractivity contribution in [2.24, 2.45) is 0 Å². The molecule has 0 bridgehead atoms. The summed E-state index contributed by atoms with van der Waals surface area (Å²) >= 11 is 0.938. The largest absolute Gasteiger partial charge is 0.323 e. The van der Waals surface area contributed by atoms with E-state index in [4.69, 9.17) is 0 Å². The van der Waals surface area contributed by atoms with Crippen molar-refractivity contribution in [1.29, 1.82) is 0 Å². The van der Waals surface area contributed by atoms with Gasteiger partial charge in [0.15, 0.2) is 22.6 Å². The maximum atomic E-state index is 13.7. The Kier molecular flexibility index (Phi) is 5.84. The van der Waals surface area contributed by atoms with Gasteiger partial charge >= 0.3 is 0 Å². The normalized spacial score (nSPS) is 11.9. The monoisotopic (exact) mass is 405 g/mol. The van der Waals surface area contributed by atoms with Crippen LogP contribution < -0.4 is 10.9 Å². The van der Waals surface area contributed by atoms with Crippen molar-refractivity contribution in [3.05, 3.63) is 76.3 Å². The Balaban J connectivity index is 1.77. The zero-order valence-corrected chi connectivity index (χ0v) is 15.3. The van der Waals surface area contributed by atoms with Crippen LogP contribution in [0.5, 0.6) is 0 Å². The van der Waals surface area contributed by atoms with Crippen molar-refractivity contribution < 1.29 is 18.0 Å². The summed E-state index contributed by atoms with van der Waals surface area (Å²) in [6, 6.07) is 12.0. The van der Waals surface area contributed by atoms with Gasteiger partial charge in [-0.3, -0.25) is 9.59 Å². The van der Waals surface area contributed by atoms with Crippen molar-refractivity contribution in [2.75, 3.05) is 5.32 Å². The smallest absolute Gasteiger partial charge is 0.252 e. The number of rotatable bonds is 5. The SMILES string of the molecule is CC(Sc1nc(-c2ccccc2)cc(=O)[nH]1)C(=O)Nc1ccc(F)c(F)c1F. The van der Waals surface area contributed by atoms with Crippen molar-refractivity contribution in [1.82, 2.24) is 9.97 Å². The molecule has 0 aliphatic carbocycles. The molecule has 28 heavy (non-hydrogen) atoms. The molecule has 0 saturated heterocycles. The molecule has 1 unspecified atom stereocenters. The summed E-state index contributed by atoms with van der Waals surface area (Å²) in [6.45, 7) is 1.51. The molecule has 0 aliphatic rings. The van der Waals surface area contributed by atoms with E-state index in [0.29, 0.717) is 11.8 Å². The van der Waals surface area contributed by atoms with Crippen molar-refractivity contribution in [2.45, 2.75) is 17.3 Å². The summed E-state index contributed by atoms with van der Waals surface area (Å²) in [5, 5.41) is 1.59.